The maximum Gasteiger partial charge on any atom is 0.0636 e. The van der Waals surface area contributed by atoms with Crippen molar-refractivity contribution in [3.63, 3.8) is 0 Å². The summed E-state index contributed by atoms with van der Waals surface area (Å²) in [7, 11) is 0. The van der Waals surface area contributed by atoms with E-state index in [2.05, 4.69) is 41.1 Å². The standard InChI is InChI=1S/C15H12BrCl3/c1-9-2-4-11(12(16)6-9)14(18)7-10-3-5-13(17)15(19)8-10/h2-6,8,14H,7H2,1H3. The molecule has 19 heavy (non-hydrogen) atoms. The molecule has 0 saturated carbocycles. The normalized spacial score (nSPS) is 12.5. The Labute approximate surface area is 136 Å². The van der Waals surface area contributed by atoms with Gasteiger partial charge in [0.25, 0.3) is 0 Å². The highest BCUT2D eigenvalue weighted by Crippen LogP contribution is 2.33. The van der Waals surface area contributed by atoms with Crippen molar-refractivity contribution in [2.24, 2.45) is 0 Å². The molecule has 100 valence electrons. The van der Waals surface area contributed by atoms with Gasteiger partial charge in [0, 0.05) is 4.47 Å². The number of benzene rings is 2. The highest BCUT2D eigenvalue weighted by atomic mass is 79.9. The predicted molar refractivity (Wildman–Crippen MR) is 87.6 cm³/mol. The number of hydrogen-bond acceptors (Lipinski definition) is 0. The van der Waals surface area contributed by atoms with Gasteiger partial charge in [0.1, 0.15) is 0 Å². The Bertz CT molecular complexity index is 596. The summed E-state index contributed by atoms with van der Waals surface area (Å²) >= 11 is 22.0. The Morgan fingerprint density at radius 3 is 2.42 bits per heavy atom. The third-order valence-electron chi connectivity index (χ3n) is 2.89. The average molecular weight is 379 g/mol. The van der Waals surface area contributed by atoms with Crippen LogP contribution < -0.4 is 0 Å². The summed E-state index contributed by atoms with van der Waals surface area (Å²) in [4.78, 5) is 0. The summed E-state index contributed by atoms with van der Waals surface area (Å²) in [5.74, 6) is 0. The molecule has 2 aromatic rings. The summed E-state index contributed by atoms with van der Waals surface area (Å²) in [6.45, 7) is 2.05. The van der Waals surface area contributed by atoms with Gasteiger partial charge in [-0.15, -0.1) is 11.6 Å². The fourth-order valence-electron chi connectivity index (χ4n) is 1.87. The molecule has 0 aliphatic rings. The molecule has 4 heteroatoms. The largest absolute Gasteiger partial charge is 0.117 e. The topological polar surface area (TPSA) is 0 Å². The molecule has 0 amide bonds. The third-order valence-corrected chi connectivity index (χ3v) is 4.71. The molecule has 2 rings (SSSR count). The molecule has 0 aliphatic carbocycles. The van der Waals surface area contributed by atoms with Crippen molar-refractivity contribution in [2.75, 3.05) is 0 Å². The minimum atomic E-state index is -0.104. The third kappa shape index (κ3) is 3.88. The lowest BCUT2D eigenvalue weighted by Crippen LogP contribution is -1.97. The average Bonchev–Trinajstić information content (AvgIpc) is 2.33. The molecular formula is C15H12BrCl3. The van der Waals surface area contributed by atoms with Gasteiger partial charge >= 0.3 is 0 Å². The van der Waals surface area contributed by atoms with Crippen molar-refractivity contribution in [2.45, 2.75) is 18.7 Å². The van der Waals surface area contributed by atoms with E-state index in [1.165, 1.54) is 5.56 Å². The number of aryl methyl sites for hydroxylation is 1. The van der Waals surface area contributed by atoms with Gasteiger partial charge in [-0.2, -0.15) is 0 Å². The van der Waals surface area contributed by atoms with E-state index in [-0.39, 0.29) is 5.38 Å². The highest BCUT2D eigenvalue weighted by Gasteiger charge is 2.13. The van der Waals surface area contributed by atoms with Crippen molar-refractivity contribution in [3.05, 3.63) is 67.6 Å². The van der Waals surface area contributed by atoms with Crippen LogP contribution in [0.25, 0.3) is 0 Å². The first-order valence-electron chi connectivity index (χ1n) is 5.81. The van der Waals surface area contributed by atoms with Crippen molar-refractivity contribution in [1.29, 1.82) is 0 Å². The molecule has 0 spiro atoms. The van der Waals surface area contributed by atoms with Gasteiger partial charge < -0.3 is 0 Å². The molecular weight excluding hydrogens is 366 g/mol. The minimum absolute atomic E-state index is 0.104. The molecule has 2 aromatic carbocycles. The first kappa shape index (κ1) is 15.2. The van der Waals surface area contributed by atoms with Gasteiger partial charge in [0.2, 0.25) is 0 Å². The molecule has 0 heterocycles. The first-order chi connectivity index (χ1) is 8.97. The molecule has 0 saturated heterocycles. The van der Waals surface area contributed by atoms with Gasteiger partial charge in [-0.05, 0) is 48.2 Å². The van der Waals surface area contributed by atoms with E-state index in [4.69, 9.17) is 34.8 Å². The van der Waals surface area contributed by atoms with Crippen molar-refractivity contribution in [3.8, 4) is 0 Å². The summed E-state index contributed by atoms with van der Waals surface area (Å²) in [6, 6.07) is 11.8. The molecule has 0 fully saturated rings. The minimum Gasteiger partial charge on any atom is -0.117 e. The van der Waals surface area contributed by atoms with Crippen molar-refractivity contribution in [1.82, 2.24) is 0 Å². The molecule has 0 radical (unpaired) electrons. The van der Waals surface area contributed by atoms with E-state index >= 15 is 0 Å². The summed E-state index contributed by atoms with van der Waals surface area (Å²) in [5, 5.41) is 1.02. The van der Waals surface area contributed by atoms with Gasteiger partial charge in [0.15, 0.2) is 0 Å². The van der Waals surface area contributed by atoms with Crippen LogP contribution in [-0.2, 0) is 6.42 Å². The van der Waals surface area contributed by atoms with E-state index in [0.29, 0.717) is 16.5 Å². The van der Waals surface area contributed by atoms with Crippen molar-refractivity contribution >= 4 is 50.7 Å². The maximum absolute atomic E-state index is 6.48. The molecule has 0 aliphatic heterocycles. The molecule has 0 bridgehead atoms. The van der Waals surface area contributed by atoms with E-state index in [9.17, 15) is 0 Å². The van der Waals surface area contributed by atoms with Crippen LogP contribution in [-0.4, -0.2) is 0 Å². The first-order valence-corrected chi connectivity index (χ1v) is 7.80. The Morgan fingerprint density at radius 2 is 1.79 bits per heavy atom. The van der Waals surface area contributed by atoms with E-state index in [0.717, 1.165) is 15.6 Å². The molecule has 1 atom stereocenters. The number of rotatable bonds is 3. The van der Waals surface area contributed by atoms with Gasteiger partial charge in [-0.1, -0.05) is 57.3 Å². The lowest BCUT2D eigenvalue weighted by molar-refractivity contribution is 0.914. The van der Waals surface area contributed by atoms with Crippen molar-refractivity contribution < 1.29 is 0 Å². The van der Waals surface area contributed by atoms with Crippen LogP contribution in [0, 0.1) is 6.92 Å². The molecule has 0 N–H and O–H groups in total. The fraction of sp³-hybridized carbons (Fsp3) is 0.200. The van der Waals surface area contributed by atoms with Gasteiger partial charge in [0.05, 0.1) is 15.4 Å². The summed E-state index contributed by atoms with van der Waals surface area (Å²) in [6.07, 6.45) is 0.708. The smallest absolute Gasteiger partial charge is 0.0636 e. The van der Waals surface area contributed by atoms with Crippen LogP contribution in [0.2, 0.25) is 10.0 Å². The second-order valence-electron chi connectivity index (χ2n) is 4.45. The quantitative estimate of drug-likeness (QED) is 0.529. The summed E-state index contributed by atoms with van der Waals surface area (Å²) < 4.78 is 1.03. The Morgan fingerprint density at radius 1 is 1.05 bits per heavy atom. The monoisotopic (exact) mass is 376 g/mol. The number of hydrogen-bond donors (Lipinski definition) is 0. The SMILES string of the molecule is Cc1ccc(C(Cl)Cc2ccc(Cl)c(Cl)c2)c(Br)c1. The predicted octanol–water partition coefficient (Wildman–Crippen LogP) is 6.59. The zero-order valence-electron chi connectivity index (χ0n) is 10.3. The van der Waals surface area contributed by atoms with E-state index in [1.54, 1.807) is 6.07 Å². The van der Waals surface area contributed by atoms with Gasteiger partial charge in [-0.3, -0.25) is 0 Å². The Kier molecular flexibility index (Phi) is 5.19. The molecule has 0 aromatic heterocycles. The second kappa shape index (κ2) is 6.49. The Hall–Kier alpha value is -0.210. The fourth-order valence-corrected chi connectivity index (χ4v) is 3.46. The summed E-state index contributed by atoms with van der Waals surface area (Å²) in [5.41, 5.74) is 3.36. The van der Waals surface area contributed by atoms with E-state index < -0.39 is 0 Å². The van der Waals surface area contributed by atoms with Crippen LogP contribution in [0.5, 0.6) is 0 Å². The maximum atomic E-state index is 6.48. The number of alkyl halides is 1. The van der Waals surface area contributed by atoms with Crippen LogP contribution >= 0.6 is 50.7 Å². The zero-order chi connectivity index (χ0) is 14.0. The second-order valence-corrected chi connectivity index (χ2v) is 6.64. The zero-order valence-corrected chi connectivity index (χ0v) is 14.1. The molecule has 1 unspecified atom stereocenters. The highest BCUT2D eigenvalue weighted by molar-refractivity contribution is 9.10. The molecule has 0 nitrogen and oxygen atoms in total. The van der Waals surface area contributed by atoms with Crippen LogP contribution in [0.3, 0.4) is 0 Å². The van der Waals surface area contributed by atoms with Crippen LogP contribution in [0.1, 0.15) is 22.1 Å². The van der Waals surface area contributed by atoms with E-state index in [1.807, 2.05) is 12.1 Å². The van der Waals surface area contributed by atoms with Gasteiger partial charge in [-0.25, -0.2) is 0 Å². The van der Waals surface area contributed by atoms with Crippen LogP contribution in [0.15, 0.2) is 40.9 Å². The van der Waals surface area contributed by atoms with Crippen LogP contribution in [0.4, 0.5) is 0 Å². The lowest BCUT2D eigenvalue weighted by atomic mass is 10.0. The lowest BCUT2D eigenvalue weighted by Gasteiger charge is -2.13. The Balaban J connectivity index is 2.20. The number of halogens is 4.